The Bertz CT molecular complexity index is 832. The van der Waals surface area contributed by atoms with E-state index in [0.29, 0.717) is 6.54 Å². The molecule has 1 aromatic carbocycles. The molecule has 1 aromatic heterocycles. The molecule has 1 saturated heterocycles. The third kappa shape index (κ3) is 6.49. The number of nitrogens with zero attached hydrogens (tertiary/aromatic N) is 4. The van der Waals surface area contributed by atoms with Crippen LogP contribution in [-0.2, 0) is 13.1 Å². The highest BCUT2D eigenvalue weighted by Crippen LogP contribution is 2.23. The van der Waals surface area contributed by atoms with Crippen molar-refractivity contribution < 1.29 is 9.26 Å². The number of piperazine rings is 1. The van der Waals surface area contributed by atoms with E-state index in [9.17, 15) is 0 Å². The maximum Gasteiger partial charge on any atom is 0.194 e. The van der Waals surface area contributed by atoms with Crippen LogP contribution in [0.2, 0.25) is 0 Å². The van der Waals surface area contributed by atoms with Crippen LogP contribution < -0.4 is 10.1 Å². The highest BCUT2D eigenvalue weighted by molar-refractivity contribution is 5.80. The maximum atomic E-state index is 6.12. The number of aromatic nitrogens is 1. The summed E-state index contributed by atoms with van der Waals surface area (Å²) in [7, 11) is 0. The number of ether oxygens (including phenoxy) is 1. The van der Waals surface area contributed by atoms with Gasteiger partial charge in [0.05, 0.1) is 12.2 Å². The second-order valence-electron chi connectivity index (χ2n) is 8.68. The molecule has 0 spiro atoms. The lowest BCUT2D eigenvalue weighted by Crippen LogP contribution is -2.52. The van der Waals surface area contributed by atoms with Gasteiger partial charge in [0.15, 0.2) is 5.96 Å². The molecule has 1 aliphatic rings. The molecule has 0 aliphatic carbocycles. The quantitative estimate of drug-likeness (QED) is 0.578. The summed E-state index contributed by atoms with van der Waals surface area (Å²) in [6, 6.07) is 10.2. The van der Waals surface area contributed by atoms with Gasteiger partial charge in [-0.15, -0.1) is 0 Å². The number of para-hydroxylation sites is 1. The monoisotopic (exact) mass is 413 g/mol. The highest BCUT2D eigenvalue weighted by Gasteiger charge is 2.21. The molecule has 1 fully saturated rings. The average Bonchev–Trinajstić information content (AvgIpc) is 3.10. The number of hydrogen-bond acceptors (Lipinski definition) is 5. The lowest BCUT2D eigenvalue weighted by atomic mass is 10.1. The fourth-order valence-electron chi connectivity index (χ4n) is 3.49. The first kappa shape index (κ1) is 22.2. The molecule has 0 atom stereocenters. The zero-order chi connectivity index (χ0) is 21.6. The molecule has 1 aliphatic heterocycles. The van der Waals surface area contributed by atoms with Crippen molar-refractivity contribution in [2.24, 2.45) is 4.99 Å². The lowest BCUT2D eigenvalue weighted by Gasteiger charge is -2.36. The molecule has 0 saturated carbocycles. The molecule has 2 heterocycles. The van der Waals surface area contributed by atoms with E-state index in [1.54, 1.807) is 0 Å². The van der Waals surface area contributed by atoms with E-state index in [4.69, 9.17) is 14.3 Å². The summed E-state index contributed by atoms with van der Waals surface area (Å²) >= 11 is 0. The van der Waals surface area contributed by atoms with Crippen molar-refractivity contribution >= 4 is 5.96 Å². The Labute approximate surface area is 180 Å². The topological polar surface area (TPSA) is 66.1 Å². The van der Waals surface area contributed by atoms with E-state index in [-0.39, 0.29) is 5.60 Å². The fourth-order valence-corrected chi connectivity index (χ4v) is 3.49. The first-order valence-corrected chi connectivity index (χ1v) is 10.8. The van der Waals surface area contributed by atoms with Gasteiger partial charge >= 0.3 is 0 Å². The molecule has 0 bridgehead atoms. The first-order chi connectivity index (χ1) is 14.3. The Hall–Kier alpha value is -2.54. The van der Waals surface area contributed by atoms with Crippen LogP contribution in [0.4, 0.5) is 0 Å². The predicted molar refractivity (Wildman–Crippen MR) is 120 cm³/mol. The van der Waals surface area contributed by atoms with Crippen molar-refractivity contribution in [2.45, 2.75) is 53.3 Å². The molecule has 2 aromatic rings. The molecule has 3 rings (SSSR count). The molecule has 7 nitrogen and oxygen atoms in total. The number of aliphatic imine (C=N–C) groups is 1. The van der Waals surface area contributed by atoms with Gasteiger partial charge in [-0.3, -0.25) is 4.90 Å². The van der Waals surface area contributed by atoms with Crippen molar-refractivity contribution in [3.8, 4) is 5.75 Å². The predicted octanol–water partition coefficient (Wildman–Crippen LogP) is 3.44. The van der Waals surface area contributed by atoms with Gasteiger partial charge in [-0.1, -0.05) is 23.4 Å². The van der Waals surface area contributed by atoms with Crippen LogP contribution in [0, 0.1) is 6.92 Å². The summed E-state index contributed by atoms with van der Waals surface area (Å²) in [6.07, 6.45) is 0. The van der Waals surface area contributed by atoms with Crippen LogP contribution in [0.1, 0.15) is 44.7 Å². The summed E-state index contributed by atoms with van der Waals surface area (Å²) < 4.78 is 11.3. The molecule has 0 unspecified atom stereocenters. The SMILES string of the molecule is CCNC(=NCc1ccccc1OC(C)(C)C)N1CCN(Cc2cc(C)on2)CC1. The Morgan fingerprint density at radius 1 is 1.20 bits per heavy atom. The Morgan fingerprint density at radius 2 is 1.93 bits per heavy atom. The number of hydrogen-bond donors (Lipinski definition) is 1. The number of nitrogens with one attached hydrogen (secondary N) is 1. The standard InChI is InChI=1S/C23H35N5O2/c1-6-24-22(25-16-19-9-7-8-10-21(19)29-23(3,4)5)28-13-11-27(12-14-28)17-20-15-18(2)30-26-20/h7-10,15H,6,11-14,16-17H2,1-5H3,(H,24,25). The van der Waals surface area contributed by atoms with E-state index < -0.39 is 0 Å². The van der Waals surface area contributed by atoms with Gasteiger partial charge in [0.2, 0.25) is 0 Å². The third-order valence-electron chi connectivity index (χ3n) is 4.86. The van der Waals surface area contributed by atoms with E-state index in [0.717, 1.165) is 68.0 Å². The lowest BCUT2D eigenvalue weighted by molar-refractivity contribution is 0.129. The maximum absolute atomic E-state index is 6.12. The molecule has 1 N–H and O–H groups in total. The summed E-state index contributed by atoms with van der Waals surface area (Å²) in [4.78, 5) is 9.66. The Kier molecular flexibility index (Phi) is 7.37. The van der Waals surface area contributed by atoms with Crippen molar-refractivity contribution in [2.75, 3.05) is 32.7 Å². The van der Waals surface area contributed by atoms with Crippen LogP contribution in [0.3, 0.4) is 0 Å². The number of guanidine groups is 1. The van der Waals surface area contributed by atoms with Crippen LogP contribution in [0.15, 0.2) is 39.8 Å². The minimum Gasteiger partial charge on any atom is -0.488 e. The molecule has 164 valence electrons. The van der Waals surface area contributed by atoms with E-state index >= 15 is 0 Å². The summed E-state index contributed by atoms with van der Waals surface area (Å²) in [5.74, 6) is 2.72. The Morgan fingerprint density at radius 3 is 2.57 bits per heavy atom. The minimum atomic E-state index is -0.233. The number of rotatable bonds is 6. The van der Waals surface area contributed by atoms with Crippen molar-refractivity contribution in [3.05, 3.63) is 47.3 Å². The molecular weight excluding hydrogens is 378 g/mol. The normalized spacial score (nSPS) is 16.0. The molecule has 30 heavy (non-hydrogen) atoms. The third-order valence-corrected chi connectivity index (χ3v) is 4.86. The van der Waals surface area contributed by atoms with Gasteiger partial charge in [0, 0.05) is 50.9 Å². The highest BCUT2D eigenvalue weighted by atomic mass is 16.5. The van der Waals surface area contributed by atoms with Gasteiger partial charge < -0.3 is 19.5 Å². The fraction of sp³-hybridized carbons (Fsp3) is 0.565. The first-order valence-electron chi connectivity index (χ1n) is 10.8. The van der Waals surface area contributed by atoms with Gasteiger partial charge in [-0.25, -0.2) is 4.99 Å². The molecule has 0 amide bonds. The van der Waals surface area contributed by atoms with Crippen LogP contribution >= 0.6 is 0 Å². The van der Waals surface area contributed by atoms with E-state index in [1.165, 1.54) is 0 Å². The number of aryl methyl sites for hydroxylation is 1. The zero-order valence-electron chi connectivity index (χ0n) is 18.9. The van der Waals surface area contributed by atoms with Gasteiger partial charge in [0.1, 0.15) is 17.1 Å². The molecule has 0 radical (unpaired) electrons. The van der Waals surface area contributed by atoms with Crippen molar-refractivity contribution in [3.63, 3.8) is 0 Å². The zero-order valence-corrected chi connectivity index (χ0v) is 18.9. The van der Waals surface area contributed by atoms with Gasteiger partial charge in [-0.05, 0) is 40.7 Å². The summed E-state index contributed by atoms with van der Waals surface area (Å²) in [5, 5.41) is 7.56. The Balaban J connectivity index is 1.62. The summed E-state index contributed by atoms with van der Waals surface area (Å²) in [5.41, 5.74) is 1.86. The van der Waals surface area contributed by atoms with Crippen LogP contribution in [0.25, 0.3) is 0 Å². The van der Waals surface area contributed by atoms with Crippen molar-refractivity contribution in [1.29, 1.82) is 0 Å². The average molecular weight is 414 g/mol. The largest absolute Gasteiger partial charge is 0.488 e. The minimum absolute atomic E-state index is 0.233. The second kappa shape index (κ2) is 9.98. The number of benzene rings is 1. The second-order valence-corrected chi connectivity index (χ2v) is 8.68. The van der Waals surface area contributed by atoms with Crippen LogP contribution in [0.5, 0.6) is 5.75 Å². The molecule has 7 heteroatoms. The smallest absolute Gasteiger partial charge is 0.194 e. The van der Waals surface area contributed by atoms with E-state index in [1.807, 2.05) is 31.2 Å². The summed E-state index contributed by atoms with van der Waals surface area (Å²) in [6.45, 7) is 16.3. The van der Waals surface area contributed by atoms with Gasteiger partial charge in [-0.2, -0.15) is 0 Å². The molecular formula is C23H35N5O2. The van der Waals surface area contributed by atoms with Crippen LogP contribution in [-0.4, -0.2) is 59.2 Å². The van der Waals surface area contributed by atoms with E-state index in [2.05, 4.69) is 54.0 Å². The van der Waals surface area contributed by atoms with Gasteiger partial charge in [0.25, 0.3) is 0 Å². The van der Waals surface area contributed by atoms with Crippen molar-refractivity contribution in [1.82, 2.24) is 20.3 Å².